The summed E-state index contributed by atoms with van der Waals surface area (Å²) in [6.07, 6.45) is 16.0. The second-order valence-electron chi connectivity index (χ2n) is 9.15. The fourth-order valence-corrected chi connectivity index (χ4v) is 3.47. The first-order chi connectivity index (χ1) is 13.2. The fourth-order valence-electron chi connectivity index (χ4n) is 3.47. The topological polar surface area (TPSA) is 66.4 Å². The maximum atomic E-state index is 12.0. The van der Waals surface area contributed by atoms with E-state index in [0.717, 1.165) is 19.3 Å². The van der Waals surface area contributed by atoms with Crippen molar-refractivity contribution >= 4 is 24.3 Å². The molecular weight excluding hydrogens is 406 g/mol. The van der Waals surface area contributed by atoms with Crippen molar-refractivity contribution in [2.24, 2.45) is 0 Å². The third-order valence-corrected chi connectivity index (χ3v) is 4.93. The highest BCUT2D eigenvalue weighted by atomic mass is 35.5. The van der Waals surface area contributed by atoms with Gasteiger partial charge in [-0.1, -0.05) is 84.0 Å². The second kappa shape index (κ2) is 19.2. The van der Waals surface area contributed by atoms with E-state index in [2.05, 4.69) is 6.92 Å². The number of carboxylic acid groups (broad SMARTS) is 1. The van der Waals surface area contributed by atoms with E-state index in [0.29, 0.717) is 17.4 Å². The SMILES string of the molecule is C[N+](C)(C)C[C@@H](CC(=O)[O-])O[13C](=O)[13CH2][13CH2][13CH2][13CH2][13CH2][13CH2][13CH2][13CH2][13CH2][13CH2][13CH2][13CH2][13CH2][13CH2][13CH3].Cl. The van der Waals surface area contributed by atoms with Gasteiger partial charge in [-0.3, -0.25) is 4.79 Å². The Morgan fingerprint density at radius 2 is 1.21 bits per heavy atom. The van der Waals surface area contributed by atoms with Crippen molar-refractivity contribution in [2.45, 2.75) is 109 Å². The van der Waals surface area contributed by atoms with E-state index in [1.54, 1.807) is 0 Å². The van der Waals surface area contributed by atoms with Gasteiger partial charge in [0.15, 0.2) is 6.10 Å². The number of carbonyl (C=O) groups is 2. The van der Waals surface area contributed by atoms with Crippen LogP contribution in [0.1, 0.15) is 103 Å². The zero-order valence-corrected chi connectivity index (χ0v) is 20.2. The van der Waals surface area contributed by atoms with Crippen molar-refractivity contribution in [3.63, 3.8) is 0 Å². The summed E-state index contributed by atoms with van der Waals surface area (Å²) >= 11 is 0. The molecule has 1 atom stereocenters. The highest BCUT2D eigenvalue weighted by Crippen LogP contribution is 2.13. The van der Waals surface area contributed by atoms with Gasteiger partial charge in [-0.05, 0) is 6.42 Å². The number of likely N-dealkylation sites (N-methyl/N-ethyl adjacent to an activating group) is 1. The molecule has 0 saturated carbocycles. The van der Waals surface area contributed by atoms with E-state index >= 15 is 0 Å². The van der Waals surface area contributed by atoms with E-state index < -0.39 is 12.1 Å². The summed E-state index contributed by atoms with van der Waals surface area (Å²) in [4.78, 5) is 22.8. The first kappa shape index (κ1) is 30.4. The molecule has 0 N–H and O–H groups in total. The van der Waals surface area contributed by atoms with E-state index in [4.69, 9.17) is 4.74 Å². The minimum atomic E-state index is -1.17. The van der Waals surface area contributed by atoms with Crippen LogP contribution in [-0.4, -0.2) is 50.2 Å². The number of hydrogen-bond donors (Lipinski definition) is 0. The number of hydrogen-bond acceptors (Lipinski definition) is 4. The summed E-state index contributed by atoms with van der Waals surface area (Å²) in [5.41, 5.74) is 0. The molecule has 0 aliphatic rings. The summed E-state index contributed by atoms with van der Waals surface area (Å²) in [7, 11) is 5.84. The number of nitrogens with zero attached hydrogens (tertiary/aromatic N) is 1. The summed E-state index contributed by atoms with van der Waals surface area (Å²) in [5.74, 6) is -1.46. The van der Waals surface area contributed by atoms with Crippen molar-refractivity contribution < 1.29 is 23.9 Å². The highest BCUT2D eigenvalue weighted by molar-refractivity contribution is 5.85. The van der Waals surface area contributed by atoms with Crippen molar-refractivity contribution in [3.8, 4) is 0 Å². The molecule has 0 bridgehead atoms. The Balaban J connectivity index is 0. The molecule has 0 fully saturated rings. The minimum Gasteiger partial charge on any atom is -0.550 e. The number of unbranched alkanes of at least 4 members (excludes halogenated alkanes) is 12. The molecule has 0 radical (unpaired) electrons. The Morgan fingerprint density at radius 1 is 0.793 bits per heavy atom. The predicted molar refractivity (Wildman–Crippen MR) is 120 cm³/mol. The van der Waals surface area contributed by atoms with Crippen molar-refractivity contribution in [2.75, 3.05) is 27.7 Å². The number of halogens is 1. The van der Waals surface area contributed by atoms with Crippen LogP contribution in [0.15, 0.2) is 0 Å². The van der Waals surface area contributed by atoms with Crippen molar-refractivity contribution in [1.29, 1.82) is 0 Å². The average Bonchev–Trinajstić information content (AvgIpc) is 2.56. The molecule has 29 heavy (non-hydrogen) atoms. The van der Waals surface area contributed by atoms with Gasteiger partial charge in [-0.25, -0.2) is 0 Å². The first-order valence-corrected chi connectivity index (χ1v) is 11.4. The summed E-state index contributed by atoms with van der Waals surface area (Å²) in [5, 5.41) is 10.9. The van der Waals surface area contributed by atoms with E-state index in [-0.39, 0.29) is 24.8 Å². The normalized spacial score (nSPS) is 12.3. The Hall–Kier alpha value is -0.810. The van der Waals surface area contributed by atoms with Gasteiger partial charge in [0, 0.05) is 18.8 Å². The van der Waals surface area contributed by atoms with Gasteiger partial charge in [-0.15, -0.1) is 12.4 Å². The summed E-state index contributed by atoms with van der Waals surface area (Å²) < 4.78 is 5.91. The minimum absolute atomic E-state index is 0. The van der Waals surface area contributed by atoms with Gasteiger partial charge in [0.25, 0.3) is 0 Å². The largest absolute Gasteiger partial charge is 0.550 e. The quantitative estimate of drug-likeness (QED) is 0.124. The molecule has 0 saturated heterocycles. The molecule has 0 heterocycles. The van der Waals surface area contributed by atoms with E-state index in [1.165, 1.54) is 64.2 Å². The number of carbonyl (C=O) groups excluding carboxylic acids is 2. The van der Waals surface area contributed by atoms with Gasteiger partial charge < -0.3 is 19.1 Å². The molecule has 5 nitrogen and oxygen atoms in total. The number of quaternary nitrogens is 1. The Labute approximate surface area is 185 Å². The molecule has 0 aromatic rings. The van der Waals surface area contributed by atoms with Gasteiger partial charge in [0.1, 0.15) is 6.54 Å². The Kier molecular flexibility index (Phi) is 20.1. The molecule has 0 unspecified atom stereocenters. The predicted octanol–water partition coefficient (Wildman–Crippen LogP) is 4.65. The third kappa shape index (κ3) is 23.3. The van der Waals surface area contributed by atoms with E-state index in [9.17, 15) is 14.7 Å². The van der Waals surface area contributed by atoms with Crippen LogP contribution >= 0.6 is 12.4 Å². The molecule has 0 aliphatic carbocycles. The maximum Gasteiger partial charge on any atom is 0.306 e. The van der Waals surface area contributed by atoms with Crippen LogP contribution in [0.4, 0.5) is 0 Å². The molecule has 6 heteroatoms. The fraction of sp³-hybridized carbons (Fsp3) is 0.913. The highest BCUT2D eigenvalue weighted by Gasteiger charge is 2.22. The molecule has 0 aromatic heterocycles. The molecular formula is C23H46ClNO4. The van der Waals surface area contributed by atoms with Gasteiger partial charge >= 0.3 is 5.97 Å². The van der Waals surface area contributed by atoms with Gasteiger partial charge in [0.2, 0.25) is 0 Å². The molecule has 0 spiro atoms. The Bertz CT molecular complexity index is 410. The second-order valence-corrected chi connectivity index (χ2v) is 9.15. The lowest BCUT2D eigenvalue weighted by Gasteiger charge is -2.29. The van der Waals surface area contributed by atoms with Crippen LogP contribution in [0.5, 0.6) is 0 Å². The lowest BCUT2D eigenvalue weighted by atomic mass is 10.2. The standard InChI is InChI=1S/C23H45NO4.ClH/c1-5-6-7-8-9-10-11-12-13-14-15-16-17-18-23(27)28-21(19-22(25)26)20-24(2,3)4;/h21H,5-20H2,1-4H3;1H/t21-;/m1./s1/i1+1,5+1,6+1,7+1,8+1,9+1,10+1,11+1,12+1,13+1,14+1,15+1,16+1,17+1,18+1,23+1;. The number of rotatable bonds is 19. The summed E-state index contributed by atoms with van der Waals surface area (Å²) in [6.45, 7) is 2.72. The van der Waals surface area contributed by atoms with Crippen molar-refractivity contribution in [1.82, 2.24) is 0 Å². The van der Waals surface area contributed by atoms with Gasteiger partial charge in [-0.2, -0.15) is 0 Å². The van der Waals surface area contributed by atoms with Crippen LogP contribution in [0.2, 0.25) is 0 Å². The van der Waals surface area contributed by atoms with Crippen LogP contribution in [0.25, 0.3) is 0 Å². The Morgan fingerprint density at radius 3 is 1.59 bits per heavy atom. The molecule has 0 amide bonds. The molecule has 174 valence electrons. The first-order valence-electron chi connectivity index (χ1n) is 11.4. The van der Waals surface area contributed by atoms with Crippen LogP contribution < -0.4 is 5.11 Å². The maximum absolute atomic E-state index is 12.0. The van der Waals surface area contributed by atoms with Crippen LogP contribution in [-0.2, 0) is 14.3 Å². The number of carboxylic acids is 1. The molecule has 0 rings (SSSR count). The van der Waals surface area contributed by atoms with E-state index in [1.807, 2.05) is 21.1 Å². The smallest absolute Gasteiger partial charge is 0.306 e. The number of esters is 1. The third-order valence-electron chi connectivity index (χ3n) is 4.93. The zero-order chi connectivity index (χ0) is 21.3. The summed E-state index contributed by atoms with van der Waals surface area (Å²) in [6, 6.07) is 0. The lowest BCUT2D eigenvalue weighted by Crippen LogP contribution is -2.45. The number of aliphatic carboxylic acids is 1. The van der Waals surface area contributed by atoms with Crippen LogP contribution in [0, 0.1) is 0 Å². The van der Waals surface area contributed by atoms with Gasteiger partial charge in [0.05, 0.1) is 21.1 Å². The molecule has 0 aliphatic heterocycles. The van der Waals surface area contributed by atoms with Crippen molar-refractivity contribution in [3.05, 3.63) is 0 Å². The zero-order valence-electron chi connectivity index (χ0n) is 19.4. The monoisotopic (exact) mass is 451 g/mol. The average molecular weight is 452 g/mol. The van der Waals surface area contributed by atoms with Crippen LogP contribution in [0.3, 0.4) is 0 Å². The lowest BCUT2D eigenvalue weighted by molar-refractivity contribution is -0.873. The number of ether oxygens (including phenoxy) is 1. The molecule has 0 aromatic carbocycles.